The van der Waals surface area contributed by atoms with Gasteiger partial charge in [0.05, 0.1) is 18.6 Å². The zero-order valence-corrected chi connectivity index (χ0v) is 14.1. The maximum atomic E-state index is 12.3. The fourth-order valence-electron chi connectivity index (χ4n) is 2.57. The minimum Gasteiger partial charge on any atom is -0.372 e. The van der Waals surface area contributed by atoms with Crippen LogP contribution in [-0.4, -0.2) is 12.5 Å². The van der Waals surface area contributed by atoms with Gasteiger partial charge in [0.2, 0.25) is 5.91 Å². The monoisotopic (exact) mass is 332 g/mol. The van der Waals surface area contributed by atoms with Gasteiger partial charge in [0, 0.05) is 9.75 Å². The Morgan fingerprint density at radius 2 is 2.36 bits per heavy atom. The Morgan fingerprint density at radius 1 is 1.55 bits per heavy atom. The molecule has 22 heavy (non-hydrogen) atoms. The van der Waals surface area contributed by atoms with Crippen LogP contribution in [0.2, 0.25) is 0 Å². The molecule has 0 aromatic carbocycles. The lowest BCUT2D eigenvalue weighted by Gasteiger charge is -2.22. The number of rotatable bonds is 3. The fraction of sp³-hybridized carbons (Fsp3) is 0.375. The molecule has 0 aliphatic carbocycles. The summed E-state index contributed by atoms with van der Waals surface area (Å²) in [7, 11) is 0. The number of hydrogen-bond acceptors (Lipinski definition) is 5. The first-order valence-corrected chi connectivity index (χ1v) is 8.77. The van der Waals surface area contributed by atoms with E-state index in [1.54, 1.807) is 11.3 Å². The largest absolute Gasteiger partial charge is 0.372 e. The van der Waals surface area contributed by atoms with Crippen molar-refractivity contribution in [2.45, 2.75) is 32.8 Å². The van der Waals surface area contributed by atoms with Crippen LogP contribution in [0.25, 0.3) is 0 Å². The van der Waals surface area contributed by atoms with Gasteiger partial charge in [0.25, 0.3) is 0 Å². The Bertz CT molecular complexity index is 755. The first kappa shape index (κ1) is 15.2. The molecule has 3 heterocycles. The number of ether oxygens (including phenoxy) is 1. The SMILES string of the molecule is Cc1sc(NC(=O)CC2OCCc3ccsc32)c(C#N)c1C. The molecule has 0 saturated heterocycles. The number of nitrogens with one attached hydrogen (secondary N) is 1. The molecular weight excluding hydrogens is 316 g/mol. The van der Waals surface area contributed by atoms with E-state index < -0.39 is 0 Å². The molecular formula is C16H16N2O2S2. The lowest BCUT2D eigenvalue weighted by Crippen LogP contribution is -2.21. The van der Waals surface area contributed by atoms with Crippen molar-refractivity contribution < 1.29 is 9.53 Å². The van der Waals surface area contributed by atoms with E-state index in [1.807, 2.05) is 19.2 Å². The maximum absolute atomic E-state index is 12.3. The number of nitriles is 1. The van der Waals surface area contributed by atoms with Crippen molar-refractivity contribution in [2.75, 3.05) is 11.9 Å². The molecule has 1 atom stereocenters. The van der Waals surface area contributed by atoms with Crippen molar-refractivity contribution in [1.29, 1.82) is 5.26 Å². The van der Waals surface area contributed by atoms with Gasteiger partial charge in [-0.05, 0) is 42.8 Å². The zero-order chi connectivity index (χ0) is 15.7. The molecule has 0 fully saturated rings. The summed E-state index contributed by atoms with van der Waals surface area (Å²) in [4.78, 5) is 14.5. The molecule has 4 nitrogen and oxygen atoms in total. The Labute approximate surface area is 137 Å². The van der Waals surface area contributed by atoms with Crippen LogP contribution < -0.4 is 5.32 Å². The van der Waals surface area contributed by atoms with Crippen molar-refractivity contribution in [3.8, 4) is 6.07 Å². The summed E-state index contributed by atoms with van der Waals surface area (Å²) in [6, 6.07) is 4.28. The van der Waals surface area contributed by atoms with Crippen molar-refractivity contribution in [3.05, 3.63) is 37.9 Å². The fourth-order valence-corrected chi connectivity index (χ4v) is 4.60. The highest BCUT2D eigenvalue weighted by Gasteiger charge is 2.25. The van der Waals surface area contributed by atoms with Gasteiger partial charge >= 0.3 is 0 Å². The minimum absolute atomic E-state index is 0.107. The highest BCUT2D eigenvalue weighted by Crippen LogP contribution is 2.35. The van der Waals surface area contributed by atoms with E-state index >= 15 is 0 Å². The molecule has 1 aliphatic rings. The van der Waals surface area contributed by atoms with E-state index in [9.17, 15) is 10.1 Å². The molecule has 1 N–H and O–H groups in total. The van der Waals surface area contributed by atoms with Gasteiger partial charge in [-0.2, -0.15) is 5.26 Å². The van der Waals surface area contributed by atoms with Crippen LogP contribution in [0.5, 0.6) is 0 Å². The summed E-state index contributed by atoms with van der Waals surface area (Å²) >= 11 is 3.09. The number of carbonyl (C=O) groups is 1. The van der Waals surface area contributed by atoms with Crippen LogP contribution in [0.15, 0.2) is 11.4 Å². The summed E-state index contributed by atoms with van der Waals surface area (Å²) in [5, 5.41) is 14.8. The van der Waals surface area contributed by atoms with Crippen LogP contribution in [0.4, 0.5) is 5.00 Å². The number of hydrogen-bond donors (Lipinski definition) is 1. The minimum atomic E-state index is -0.170. The highest BCUT2D eigenvalue weighted by molar-refractivity contribution is 7.16. The lowest BCUT2D eigenvalue weighted by atomic mass is 10.1. The summed E-state index contributed by atoms with van der Waals surface area (Å²) < 4.78 is 5.74. The standard InChI is InChI=1S/C16H16N2O2S2/c1-9-10(2)22-16(12(9)8-17)18-14(19)7-13-15-11(3-5-20-13)4-6-21-15/h4,6,13H,3,5,7H2,1-2H3,(H,18,19). The van der Waals surface area contributed by atoms with E-state index in [0.29, 0.717) is 17.2 Å². The summed E-state index contributed by atoms with van der Waals surface area (Å²) in [6.07, 6.45) is 1.03. The number of carbonyl (C=O) groups excluding carboxylic acids is 1. The van der Waals surface area contributed by atoms with Gasteiger partial charge in [0.15, 0.2) is 0 Å². The van der Waals surface area contributed by atoms with E-state index in [2.05, 4.69) is 17.5 Å². The van der Waals surface area contributed by atoms with Crippen molar-refractivity contribution in [2.24, 2.45) is 0 Å². The van der Waals surface area contributed by atoms with Crippen LogP contribution in [0.1, 0.15) is 39.0 Å². The van der Waals surface area contributed by atoms with Crippen molar-refractivity contribution >= 4 is 33.6 Å². The van der Waals surface area contributed by atoms with E-state index in [1.165, 1.54) is 16.9 Å². The number of fused-ring (bicyclic) bond motifs is 1. The molecule has 3 rings (SSSR count). The highest BCUT2D eigenvalue weighted by atomic mass is 32.1. The zero-order valence-electron chi connectivity index (χ0n) is 12.4. The van der Waals surface area contributed by atoms with Gasteiger partial charge < -0.3 is 10.1 Å². The lowest BCUT2D eigenvalue weighted by molar-refractivity contribution is -0.119. The normalized spacial score (nSPS) is 16.9. The average Bonchev–Trinajstić information content (AvgIpc) is 3.05. The second kappa shape index (κ2) is 6.21. The molecule has 0 spiro atoms. The Balaban J connectivity index is 1.72. The van der Waals surface area contributed by atoms with E-state index in [0.717, 1.165) is 21.7 Å². The number of aryl methyl sites for hydroxylation is 1. The van der Waals surface area contributed by atoms with Crippen LogP contribution in [0, 0.1) is 25.2 Å². The quantitative estimate of drug-likeness (QED) is 0.926. The summed E-state index contributed by atoms with van der Waals surface area (Å²) in [6.45, 7) is 4.52. The van der Waals surface area contributed by atoms with Crippen molar-refractivity contribution in [1.82, 2.24) is 0 Å². The van der Waals surface area contributed by atoms with Gasteiger partial charge in [-0.1, -0.05) is 0 Å². The summed E-state index contributed by atoms with van der Waals surface area (Å²) in [5.41, 5.74) is 2.80. The smallest absolute Gasteiger partial charge is 0.228 e. The number of thiophene rings is 2. The first-order chi connectivity index (χ1) is 10.6. The Morgan fingerprint density at radius 3 is 3.14 bits per heavy atom. The number of nitrogens with zero attached hydrogens (tertiary/aromatic N) is 1. The van der Waals surface area contributed by atoms with Gasteiger partial charge in [0.1, 0.15) is 17.2 Å². The molecule has 0 saturated carbocycles. The first-order valence-electron chi connectivity index (χ1n) is 7.08. The van der Waals surface area contributed by atoms with E-state index in [-0.39, 0.29) is 18.4 Å². The predicted octanol–water partition coefficient (Wildman–Crippen LogP) is 3.94. The topological polar surface area (TPSA) is 62.1 Å². The Hall–Kier alpha value is -1.68. The molecule has 114 valence electrons. The molecule has 6 heteroatoms. The van der Waals surface area contributed by atoms with Crippen molar-refractivity contribution in [3.63, 3.8) is 0 Å². The van der Waals surface area contributed by atoms with Crippen LogP contribution >= 0.6 is 22.7 Å². The average molecular weight is 332 g/mol. The maximum Gasteiger partial charge on any atom is 0.228 e. The molecule has 0 bridgehead atoms. The molecule has 1 aliphatic heterocycles. The van der Waals surface area contributed by atoms with Gasteiger partial charge in [-0.15, -0.1) is 22.7 Å². The molecule has 0 radical (unpaired) electrons. The van der Waals surface area contributed by atoms with Crippen LogP contribution in [-0.2, 0) is 16.0 Å². The number of amides is 1. The Kier molecular flexibility index (Phi) is 4.30. The van der Waals surface area contributed by atoms with Gasteiger partial charge in [-0.25, -0.2) is 0 Å². The molecule has 2 aromatic rings. The van der Waals surface area contributed by atoms with E-state index in [4.69, 9.17) is 4.74 Å². The predicted molar refractivity (Wildman–Crippen MR) is 88.5 cm³/mol. The second-order valence-corrected chi connectivity index (χ2v) is 7.44. The third kappa shape index (κ3) is 2.80. The third-order valence-electron chi connectivity index (χ3n) is 3.88. The molecule has 1 amide bonds. The van der Waals surface area contributed by atoms with Gasteiger partial charge in [-0.3, -0.25) is 4.79 Å². The molecule has 2 aromatic heterocycles. The molecule has 1 unspecified atom stereocenters. The second-order valence-electron chi connectivity index (χ2n) is 5.27. The van der Waals surface area contributed by atoms with Crippen LogP contribution in [0.3, 0.4) is 0 Å². The summed E-state index contributed by atoms with van der Waals surface area (Å²) in [5.74, 6) is -0.107. The number of anilines is 1. The third-order valence-corrected chi connectivity index (χ3v) is 6.06.